The summed E-state index contributed by atoms with van der Waals surface area (Å²) in [5.74, 6) is -0.127. The Morgan fingerprint density at radius 2 is 2.29 bits per heavy atom. The molecular formula is C13H14FNO2. The predicted molar refractivity (Wildman–Crippen MR) is 60.3 cm³/mol. The van der Waals surface area contributed by atoms with Gasteiger partial charge in [-0.05, 0) is 24.1 Å². The fraction of sp³-hybridized carbons (Fsp3) is 0.462. The van der Waals surface area contributed by atoms with Gasteiger partial charge in [-0.3, -0.25) is 0 Å². The van der Waals surface area contributed by atoms with Crippen LogP contribution < -0.4 is 4.74 Å². The van der Waals surface area contributed by atoms with Gasteiger partial charge >= 0.3 is 0 Å². The highest BCUT2D eigenvalue weighted by Crippen LogP contribution is 2.38. The Morgan fingerprint density at radius 3 is 2.76 bits per heavy atom. The second-order valence-electron chi connectivity index (χ2n) is 4.28. The molecule has 2 rings (SSSR count). The molecule has 0 N–H and O–H groups in total. The third-order valence-electron chi connectivity index (χ3n) is 3.24. The van der Waals surface area contributed by atoms with Gasteiger partial charge in [0, 0.05) is 11.8 Å². The van der Waals surface area contributed by atoms with Crippen molar-refractivity contribution < 1.29 is 13.9 Å². The topological polar surface area (TPSA) is 42.2 Å². The second-order valence-corrected chi connectivity index (χ2v) is 4.28. The minimum absolute atomic E-state index is 0.192. The highest BCUT2D eigenvalue weighted by molar-refractivity contribution is 5.35. The van der Waals surface area contributed by atoms with Gasteiger partial charge in [-0.15, -0.1) is 0 Å². The highest BCUT2D eigenvalue weighted by Gasteiger charge is 2.40. The third-order valence-corrected chi connectivity index (χ3v) is 3.24. The van der Waals surface area contributed by atoms with E-state index in [2.05, 4.69) is 6.07 Å². The fourth-order valence-electron chi connectivity index (χ4n) is 2.10. The third kappa shape index (κ3) is 2.11. The van der Waals surface area contributed by atoms with E-state index < -0.39 is 0 Å². The summed E-state index contributed by atoms with van der Waals surface area (Å²) in [5, 5.41) is 8.65. The first kappa shape index (κ1) is 11.9. The van der Waals surface area contributed by atoms with Gasteiger partial charge in [0.05, 0.1) is 26.4 Å². The quantitative estimate of drug-likeness (QED) is 0.804. The first-order valence-electron chi connectivity index (χ1n) is 5.50. The van der Waals surface area contributed by atoms with Crippen LogP contribution in [0.15, 0.2) is 18.2 Å². The minimum atomic E-state index is -0.367. The molecule has 90 valence electrons. The summed E-state index contributed by atoms with van der Waals surface area (Å²) in [4.78, 5) is 0. The monoisotopic (exact) mass is 235 g/mol. The molecule has 4 heteroatoms. The number of nitrogens with zero attached hydrogens (tertiary/aromatic N) is 1. The summed E-state index contributed by atoms with van der Waals surface area (Å²) >= 11 is 0. The number of rotatable bonds is 4. The number of hydrogen-bond donors (Lipinski definition) is 0. The number of methoxy groups -OCH3 is 1. The lowest BCUT2D eigenvalue weighted by Crippen LogP contribution is -2.46. The lowest BCUT2D eigenvalue weighted by molar-refractivity contribution is -0.0638. The van der Waals surface area contributed by atoms with E-state index in [-0.39, 0.29) is 17.0 Å². The standard InChI is InChI=1S/C13H14FNO2/c1-16-12-4-3-10(7-11(12)14)13(5-2-6-15)8-17-9-13/h3-4,7H,2,5,8-9H2,1H3. The van der Waals surface area contributed by atoms with Crippen molar-refractivity contribution in [3.05, 3.63) is 29.6 Å². The van der Waals surface area contributed by atoms with Crippen LogP contribution in [-0.4, -0.2) is 20.3 Å². The Bertz CT molecular complexity index is 449. The lowest BCUT2D eigenvalue weighted by Gasteiger charge is -2.41. The SMILES string of the molecule is COc1ccc(C2(CCC#N)COC2)cc1F. The van der Waals surface area contributed by atoms with Gasteiger partial charge in [0.2, 0.25) is 0 Å². The van der Waals surface area contributed by atoms with Crippen LogP contribution in [0.1, 0.15) is 18.4 Å². The maximum atomic E-state index is 13.6. The molecule has 1 aliphatic rings. The molecule has 0 aliphatic carbocycles. The average molecular weight is 235 g/mol. The molecule has 17 heavy (non-hydrogen) atoms. The first-order chi connectivity index (χ1) is 8.22. The van der Waals surface area contributed by atoms with Gasteiger partial charge in [0.25, 0.3) is 0 Å². The van der Waals surface area contributed by atoms with Gasteiger partial charge in [-0.25, -0.2) is 4.39 Å². The molecule has 1 saturated heterocycles. The smallest absolute Gasteiger partial charge is 0.165 e. The van der Waals surface area contributed by atoms with Crippen molar-refractivity contribution in [1.29, 1.82) is 5.26 Å². The van der Waals surface area contributed by atoms with E-state index in [4.69, 9.17) is 14.7 Å². The van der Waals surface area contributed by atoms with Crippen LogP contribution in [0.25, 0.3) is 0 Å². The summed E-state index contributed by atoms with van der Waals surface area (Å²) in [5.41, 5.74) is 0.695. The molecule has 0 unspecified atom stereocenters. The first-order valence-corrected chi connectivity index (χ1v) is 5.50. The van der Waals surface area contributed by atoms with E-state index in [1.807, 2.05) is 6.07 Å². The van der Waals surface area contributed by atoms with E-state index in [1.54, 1.807) is 6.07 Å². The molecule has 0 saturated carbocycles. The van der Waals surface area contributed by atoms with Crippen LogP contribution >= 0.6 is 0 Å². The largest absolute Gasteiger partial charge is 0.494 e. The zero-order valence-corrected chi connectivity index (χ0v) is 9.70. The van der Waals surface area contributed by atoms with E-state index in [9.17, 15) is 4.39 Å². The Hall–Kier alpha value is -1.60. The number of benzene rings is 1. The van der Waals surface area contributed by atoms with Crippen LogP contribution in [0.2, 0.25) is 0 Å². The molecule has 0 bridgehead atoms. The number of nitriles is 1. The van der Waals surface area contributed by atoms with Crippen molar-refractivity contribution in [2.45, 2.75) is 18.3 Å². The van der Waals surface area contributed by atoms with Crippen LogP contribution in [-0.2, 0) is 10.2 Å². The summed E-state index contributed by atoms with van der Waals surface area (Å²) < 4.78 is 23.7. The van der Waals surface area contributed by atoms with Crippen molar-refractivity contribution in [2.75, 3.05) is 20.3 Å². The second kappa shape index (κ2) is 4.72. The molecule has 1 fully saturated rings. The number of halogens is 1. The molecular weight excluding hydrogens is 221 g/mol. The van der Waals surface area contributed by atoms with Gasteiger partial charge < -0.3 is 9.47 Å². The summed E-state index contributed by atoms with van der Waals surface area (Å²) in [6.45, 7) is 1.11. The van der Waals surface area contributed by atoms with Crippen LogP contribution in [0.3, 0.4) is 0 Å². The van der Waals surface area contributed by atoms with Gasteiger partial charge in [-0.2, -0.15) is 5.26 Å². The van der Waals surface area contributed by atoms with Crippen molar-refractivity contribution in [2.24, 2.45) is 0 Å². The molecule has 0 spiro atoms. The van der Waals surface area contributed by atoms with E-state index >= 15 is 0 Å². The molecule has 0 aromatic heterocycles. The molecule has 1 heterocycles. The van der Waals surface area contributed by atoms with Crippen molar-refractivity contribution >= 4 is 0 Å². The Balaban J connectivity index is 2.26. The van der Waals surface area contributed by atoms with Crippen molar-refractivity contribution in [3.63, 3.8) is 0 Å². The Morgan fingerprint density at radius 1 is 1.53 bits per heavy atom. The summed E-state index contributed by atoms with van der Waals surface area (Å²) in [6, 6.07) is 7.08. The highest BCUT2D eigenvalue weighted by atomic mass is 19.1. The lowest BCUT2D eigenvalue weighted by atomic mass is 9.75. The maximum absolute atomic E-state index is 13.6. The number of hydrogen-bond acceptors (Lipinski definition) is 3. The van der Waals surface area contributed by atoms with Gasteiger partial charge in [-0.1, -0.05) is 6.07 Å². The zero-order valence-electron chi connectivity index (χ0n) is 9.70. The minimum Gasteiger partial charge on any atom is -0.494 e. The predicted octanol–water partition coefficient (Wildman–Crippen LogP) is 2.41. The maximum Gasteiger partial charge on any atom is 0.165 e. The molecule has 1 aromatic carbocycles. The molecule has 3 nitrogen and oxygen atoms in total. The summed E-state index contributed by atoms with van der Waals surface area (Å²) in [7, 11) is 1.44. The molecule has 0 radical (unpaired) electrons. The van der Waals surface area contributed by atoms with Crippen molar-refractivity contribution in [1.82, 2.24) is 0 Å². The molecule has 1 aliphatic heterocycles. The molecule has 1 aromatic rings. The normalized spacial score (nSPS) is 17.0. The van der Waals surface area contributed by atoms with E-state index in [0.29, 0.717) is 26.1 Å². The van der Waals surface area contributed by atoms with E-state index in [0.717, 1.165) is 5.56 Å². The van der Waals surface area contributed by atoms with Crippen molar-refractivity contribution in [3.8, 4) is 11.8 Å². The Kier molecular flexibility index (Phi) is 3.30. The van der Waals surface area contributed by atoms with Crippen LogP contribution in [0.5, 0.6) is 5.75 Å². The molecule has 0 amide bonds. The van der Waals surface area contributed by atoms with Gasteiger partial charge in [0.15, 0.2) is 11.6 Å². The van der Waals surface area contributed by atoms with Gasteiger partial charge in [0.1, 0.15) is 0 Å². The zero-order chi connectivity index (χ0) is 12.3. The fourth-order valence-corrected chi connectivity index (χ4v) is 2.10. The Labute approximate surface area is 99.8 Å². The average Bonchev–Trinajstić information content (AvgIpc) is 2.28. The van der Waals surface area contributed by atoms with Crippen LogP contribution in [0, 0.1) is 17.1 Å². The molecule has 0 atom stereocenters. The van der Waals surface area contributed by atoms with E-state index in [1.165, 1.54) is 13.2 Å². The summed E-state index contributed by atoms with van der Waals surface area (Å²) in [6.07, 6.45) is 1.16. The van der Waals surface area contributed by atoms with Crippen LogP contribution in [0.4, 0.5) is 4.39 Å². The number of ether oxygens (including phenoxy) is 2.